The third-order valence-electron chi connectivity index (χ3n) is 7.06. The van der Waals surface area contributed by atoms with Gasteiger partial charge in [-0.15, -0.1) is 0 Å². The topological polar surface area (TPSA) is 70.1 Å². The first kappa shape index (κ1) is 27.9. The van der Waals surface area contributed by atoms with Crippen molar-refractivity contribution >= 4 is 40.0 Å². The molecule has 1 atom stereocenters. The summed E-state index contributed by atoms with van der Waals surface area (Å²) >= 11 is 2.22. The van der Waals surface area contributed by atoms with Gasteiger partial charge in [-0.3, -0.25) is 9.59 Å². The van der Waals surface area contributed by atoms with Crippen LogP contribution in [0.5, 0.6) is 5.75 Å². The number of hydrogen-bond acceptors (Lipinski definition) is 5. The maximum Gasteiger partial charge on any atom is 0.295 e. The number of carbonyl (C=O) groups excluding carboxylic acids is 2. The number of carbonyl (C=O) groups is 2. The first-order valence-corrected chi connectivity index (χ1v) is 14.0. The number of Topliss-reactive ketones (excluding diaryl/α,β-unsaturated/α-hetero) is 1. The summed E-state index contributed by atoms with van der Waals surface area (Å²) in [5.74, 6) is -0.771. The first-order chi connectivity index (χ1) is 18.3. The highest BCUT2D eigenvalue weighted by atomic mass is 127. The predicted octanol–water partition coefficient (Wildman–Crippen LogP) is 5.94. The molecule has 198 valence electrons. The Morgan fingerprint density at radius 1 is 0.974 bits per heavy atom. The van der Waals surface area contributed by atoms with Gasteiger partial charge in [-0.1, -0.05) is 50.2 Å². The number of nitrogens with zero attached hydrogens (tertiary/aromatic N) is 2. The van der Waals surface area contributed by atoms with Crippen molar-refractivity contribution in [1.29, 1.82) is 0 Å². The quantitative estimate of drug-likeness (QED) is 0.131. The molecule has 3 aromatic carbocycles. The zero-order chi connectivity index (χ0) is 27.2. The van der Waals surface area contributed by atoms with E-state index in [1.807, 2.05) is 55.5 Å². The molecule has 1 unspecified atom stereocenters. The third kappa shape index (κ3) is 6.10. The van der Waals surface area contributed by atoms with Crippen LogP contribution in [0.4, 0.5) is 0 Å². The lowest BCUT2D eigenvalue weighted by Gasteiger charge is -2.28. The molecule has 1 heterocycles. The van der Waals surface area contributed by atoms with E-state index in [0.29, 0.717) is 31.0 Å². The molecule has 1 amide bonds. The van der Waals surface area contributed by atoms with Crippen LogP contribution in [-0.2, 0) is 16.2 Å². The van der Waals surface area contributed by atoms with E-state index in [1.54, 1.807) is 29.2 Å². The number of aryl methyl sites for hydroxylation is 1. The Morgan fingerprint density at radius 2 is 1.63 bits per heavy atom. The molecule has 0 radical (unpaired) electrons. The summed E-state index contributed by atoms with van der Waals surface area (Å²) in [6.45, 7) is 9.37. The molecule has 0 spiro atoms. The fraction of sp³-hybridized carbons (Fsp3) is 0.290. The number of ether oxygens (including phenoxy) is 1. The Bertz CT molecular complexity index is 1310. The Balaban J connectivity index is 1.64. The molecule has 4 rings (SSSR count). The van der Waals surface area contributed by atoms with Crippen molar-refractivity contribution in [2.75, 3.05) is 26.2 Å². The molecule has 1 saturated heterocycles. The van der Waals surface area contributed by atoms with Crippen LogP contribution in [0.15, 0.2) is 78.4 Å². The van der Waals surface area contributed by atoms with E-state index < -0.39 is 17.7 Å². The molecule has 3 aromatic rings. The zero-order valence-electron chi connectivity index (χ0n) is 22.0. The largest absolute Gasteiger partial charge is 0.507 e. The van der Waals surface area contributed by atoms with Crippen LogP contribution in [0.25, 0.3) is 5.76 Å². The summed E-state index contributed by atoms with van der Waals surface area (Å²) in [4.78, 5) is 30.3. The van der Waals surface area contributed by atoms with Gasteiger partial charge < -0.3 is 19.6 Å². The van der Waals surface area contributed by atoms with Gasteiger partial charge in [0.05, 0.1) is 11.6 Å². The van der Waals surface area contributed by atoms with Gasteiger partial charge in [0.1, 0.15) is 18.1 Å². The van der Waals surface area contributed by atoms with Crippen molar-refractivity contribution in [2.24, 2.45) is 0 Å². The van der Waals surface area contributed by atoms with E-state index >= 15 is 0 Å². The van der Waals surface area contributed by atoms with Crippen molar-refractivity contribution in [3.05, 3.63) is 104 Å². The smallest absolute Gasteiger partial charge is 0.295 e. The van der Waals surface area contributed by atoms with Gasteiger partial charge in [0.25, 0.3) is 11.7 Å². The second-order valence-corrected chi connectivity index (χ2v) is 10.6. The molecule has 0 saturated carbocycles. The van der Waals surface area contributed by atoms with Gasteiger partial charge in [0.15, 0.2) is 0 Å². The normalized spacial score (nSPS) is 16.9. The number of halogens is 1. The molecule has 1 N–H and O–H groups in total. The number of benzene rings is 3. The average Bonchev–Trinajstić information content (AvgIpc) is 3.18. The van der Waals surface area contributed by atoms with E-state index in [2.05, 4.69) is 41.3 Å². The standard InChI is InChI=1S/C31H33IN2O4/c1-4-33(5-2)18-19-34-28(22-10-14-25(32)15-11-22)27(30(36)31(34)37)29(35)23-12-16-26(17-13-23)38-20-24-9-7-6-8-21(24)3/h6-17,28,35H,4-5,18-20H2,1-3H3/b29-27+. The van der Waals surface area contributed by atoms with Crippen LogP contribution in [0.3, 0.4) is 0 Å². The van der Waals surface area contributed by atoms with Gasteiger partial charge in [0, 0.05) is 22.2 Å². The SMILES string of the molecule is CCN(CC)CCN1C(=O)C(=O)/C(=C(/O)c2ccc(OCc3ccccc3C)cc2)C1c1ccc(I)cc1. The molecule has 0 bridgehead atoms. The number of aliphatic hydroxyl groups excluding tert-OH is 1. The molecule has 1 aliphatic heterocycles. The third-order valence-corrected chi connectivity index (χ3v) is 7.78. The highest BCUT2D eigenvalue weighted by Crippen LogP contribution is 2.39. The van der Waals surface area contributed by atoms with E-state index in [1.165, 1.54) is 0 Å². The molecule has 38 heavy (non-hydrogen) atoms. The van der Waals surface area contributed by atoms with Crippen LogP contribution < -0.4 is 4.74 Å². The number of ketones is 1. The molecule has 6 nitrogen and oxygen atoms in total. The van der Waals surface area contributed by atoms with E-state index in [0.717, 1.165) is 33.4 Å². The zero-order valence-corrected chi connectivity index (χ0v) is 24.1. The molecule has 0 aromatic heterocycles. The molecular formula is C31H33IN2O4. The highest BCUT2D eigenvalue weighted by molar-refractivity contribution is 14.1. The van der Waals surface area contributed by atoms with Crippen LogP contribution >= 0.6 is 22.6 Å². The van der Waals surface area contributed by atoms with E-state index in [4.69, 9.17) is 4.74 Å². The molecule has 1 aliphatic rings. The van der Waals surface area contributed by atoms with Crippen LogP contribution in [0.1, 0.15) is 42.1 Å². The van der Waals surface area contributed by atoms with E-state index in [9.17, 15) is 14.7 Å². The van der Waals surface area contributed by atoms with Gasteiger partial charge in [-0.2, -0.15) is 0 Å². The number of aliphatic hydroxyl groups is 1. The number of rotatable bonds is 10. The van der Waals surface area contributed by atoms with Crippen LogP contribution in [-0.4, -0.2) is 52.8 Å². The van der Waals surface area contributed by atoms with Crippen LogP contribution in [0.2, 0.25) is 0 Å². The summed E-state index contributed by atoms with van der Waals surface area (Å²) in [7, 11) is 0. The average molecular weight is 625 g/mol. The van der Waals surface area contributed by atoms with Crippen molar-refractivity contribution in [3.8, 4) is 5.75 Å². The highest BCUT2D eigenvalue weighted by Gasteiger charge is 2.45. The lowest BCUT2D eigenvalue weighted by molar-refractivity contribution is -0.140. The Morgan fingerprint density at radius 3 is 2.26 bits per heavy atom. The number of amides is 1. The molecule has 1 fully saturated rings. The summed E-state index contributed by atoms with van der Waals surface area (Å²) in [5, 5.41) is 11.3. The first-order valence-electron chi connectivity index (χ1n) is 12.9. The van der Waals surface area contributed by atoms with Crippen LogP contribution in [0, 0.1) is 10.5 Å². The van der Waals surface area contributed by atoms with Crippen molar-refractivity contribution in [3.63, 3.8) is 0 Å². The Hall–Kier alpha value is -3.17. The predicted molar refractivity (Wildman–Crippen MR) is 158 cm³/mol. The van der Waals surface area contributed by atoms with Gasteiger partial charge in [0.2, 0.25) is 0 Å². The van der Waals surface area contributed by atoms with Crippen molar-refractivity contribution in [2.45, 2.75) is 33.4 Å². The maximum atomic E-state index is 13.3. The van der Waals surface area contributed by atoms with Gasteiger partial charge in [-0.05, 0) is 95.7 Å². The number of likely N-dealkylation sites (tertiary alicyclic amines) is 1. The fourth-order valence-corrected chi connectivity index (χ4v) is 5.05. The Kier molecular flexibility index (Phi) is 9.22. The number of likely N-dealkylation sites (N-methyl/N-ethyl adjacent to an activating group) is 1. The minimum absolute atomic E-state index is 0.115. The summed E-state index contributed by atoms with van der Waals surface area (Å²) in [6.07, 6.45) is 0. The second-order valence-electron chi connectivity index (χ2n) is 9.31. The van der Waals surface area contributed by atoms with Crippen molar-refractivity contribution in [1.82, 2.24) is 9.80 Å². The van der Waals surface area contributed by atoms with E-state index in [-0.39, 0.29) is 11.3 Å². The molecular weight excluding hydrogens is 591 g/mol. The monoisotopic (exact) mass is 624 g/mol. The summed E-state index contributed by atoms with van der Waals surface area (Å²) < 4.78 is 6.98. The Labute approximate surface area is 238 Å². The summed E-state index contributed by atoms with van der Waals surface area (Å²) in [6, 6.07) is 22.1. The maximum absolute atomic E-state index is 13.3. The number of hydrogen-bond donors (Lipinski definition) is 1. The fourth-order valence-electron chi connectivity index (χ4n) is 4.69. The molecule has 7 heteroatoms. The lowest BCUT2D eigenvalue weighted by Crippen LogP contribution is -2.38. The lowest BCUT2D eigenvalue weighted by atomic mass is 9.95. The molecule has 0 aliphatic carbocycles. The van der Waals surface area contributed by atoms with Gasteiger partial charge in [-0.25, -0.2) is 0 Å². The van der Waals surface area contributed by atoms with Gasteiger partial charge >= 0.3 is 0 Å². The minimum atomic E-state index is -0.662. The minimum Gasteiger partial charge on any atom is -0.507 e. The summed E-state index contributed by atoms with van der Waals surface area (Å²) in [5.41, 5.74) is 3.63. The second kappa shape index (κ2) is 12.6. The van der Waals surface area contributed by atoms with Crippen molar-refractivity contribution < 1.29 is 19.4 Å².